The Hall–Kier alpha value is -1.43. The standard InChI is InChI=1S/C11H14FNO3S/c1-17(16)6-2-5-13-10-4-3-8(12)7-9(10)11(14)15/h3-4,7,13H,2,5-6H2,1H3,(H,14,15). The normalized spacial score (nSPS) is 12.1. The van der Waals surface area contributed by atoms with Crippen LogP contribution in [0.5, 0.6) is 0 Å². The van der Waals surface area contributed by atoms with Crippen molar-refractivity contribution in [3.05, 3.63) is 29.6 Å². The molecule has 0 heterocycles. The number of hydrogen-bond donors (Lipinski definition) is 2. The zero-order valence-corrected chi connectivity index (χ0v) is 10.2. The Labute approximate surface area is 101 Å². The lowest BCUT2D eigenvalue weighted by Gasteiger charge is -2.09. The smallest absolute Gasteiger partial charge is 0.337 e. The molecule has 17 heavy (non-hydrogen) atoms. The second-order valence-electron chi connectivity index (χ2n) is 3.55. The van der Waals surface area contributed by atoms with Crippen molar-refractivity contribution >= 4 is 22.5 Å². The fraction of sp³-hybridized carbons (Fsp3) is 0.364. The van der Waals surface area contributed by atoms with Gasteiger partial charge in [-0.3, -0.25) is 4.21 Å². The predicted octanol–water partition coefficient (Wildman–Crippen LogP) is 1.70. The van der Waals surface area contributed by atoms with Gasteiger partial charge in [-0.1, -0.05) is 0 Å². The molecule has 0 radical (unpaired) electrons. The van der Waals surface area contributed by atoms with Gasteiger partial charge in [0.15, 0.2) is 0 Å². The van der Waals surface area contributed by atoms with Crippen molar-refractivity contribution in [2.24, 2.45) is 0 Å². The molecule has 1 aromatic rings. The van der Waals surface area contributed by atoms with Gasteiger partial charge >= 0.3 is 5.97 Å². The molecule has 0 aliphatic carbocycles. The maximum absolute atomic E-state index is 12.9. The molecule has 0 bridgehead atoms. The number of benzene rings is 1. The third kappa shape index (κ3) is 4.52. The topological polar surface area (TPSA) is 66.4 Å². The molecule has 1 unspecified atom stereocenters. The summed E-state index contributed by atoms with van der Waals surface area (Å²) in [6.07, 6.45) is 2.28. The third-order valence-corrected chi connectivity index (χ3v) is 3.00. The van der Waals surface area contributed by atoms with E-state index >= 15 is 0 Å². The number of carboxylic acid groups (broad SMARTS) is 1. The summed E-state index contributed by atoms with van der Waals surface area (Å²) >= 11 is 0. The highest BCUT2D eigenvalue weighted by molar-refractivity contribution is 7.84. The van der Waals surface area contributed by atoms with Crippen molar-refractivity contribution in [3.8, 4) is 0 Å². The minimum absolute atomic E-state index is 0.0948. The van der Waals surface area contributed by atoms with Crippen LogP contribution in [0, 0.1) is 5.82 Å². The first-order valence-corrected chi connectivity index (χ1v) is 6.80. The summed E-state index contributed by atoms with van der Waals surface area (Å²) in [6.45, 7) is 0.505. The number of hydrogen-bond acceptors (Lipinski definition) is 3. The monoisotopic (exact) mass is 259 g/mol. The summed E-state index contributed by atoms with van der Waals surface area (Å²) in [5.74, 6) is -1.20. The SMILES string of the molecule is CS(=O)CCCNc1ccc(F)cc1C(=O)O. The summed E-state index contributed by atoms with van der Waals surface area (Å²) in [5, 5.41) is 11.8. The minimum Gasteiger partial charge on any atom is -0.478 e. The van der Waals surface area contributed by atoms with Crippen molar-refractivity contribution < 1.29 is 18.5 Å². The minimum atomic E-state index is -1.17. The molecule has 0 fully saturated rings. The van der Waals surface area contributed by atoms with E-state index in [4.69, 9.17) is 5.11 Å². The quantitative estimate of drug-likeness (QED) is 0.763. The summed E-state index contributed by atoms with van der Waals surface area (Å²) in [4.78, 5) is 10.9. The van der Waals surface area contributed by atoms with E-state index in [0.717, 1.165) is 6.07 Å². The van der Waals surface area contributed by atoms with Gasteiger partial charge in [0.05, 0.1) is 5.56 Å². The van der Waals surface area contributed by atoms with Crippen LogP contribution < -0.4 is 5.32 Å². The molecule has 0 aliphatic heterocycles. The lowest BCUT2D eigenvalue weighted by Crippen LogP contribution is -2.10. The third-order valence-electron chi connectivity index (χ3n) is 2.14. The van der Waals surface area contributed by atoms with Gasteiger partial charge in [-0.15, -0.1) is 0 Å². The predicted molar refractivity (Wildman–Crippen MR) is 65.4 cm³/mol. The molecule has 4 nitrogen and oxygen atoms in total. The Morgan fingerprint density at radius 3 is 2.82 bits per heavy atom. The van der Waals surface area contributed by atoms with Crippen LogP contribution in [0.1, 0.15) is 16.8 Å². The largest absolute Gasteiger partial charge is 0.478 e. The average Bonchev–Trinajstić information content (AvgIpc) is 2.25. The fourth-order valence-electron chi connectivity index (χ4n) is 1.35. The Bertz CT molecular complexity index is 437. The first kappa shape index (κ1) is 13.6. The molecule has 2 N–H and O–H groups in total. The lowest BCUT2D eigenvalue weighted by molar-refractivity contribution is 0.0697. The van der Waals surface area contributed by atoms with Gasteiger partial charge in [0.1, 0.15) is 5.82 Å². The molecular weight excluding hydrogens is 245 g/mol. The van der Waals surface area contributed by atoms with E-state index < -0.39 is 22.6 Å². The van der Waals surface area contributed by atoms with Gasteiger partial charge < -0.3 is 10.4 Å². The van der Waals surface area contributed by atoms with Crippen molar-refractivity contribution in [1.29, 1.82) is 0 Å². The molecule has 1 rings (SSSR count). The van der Waals surface area contributed by atoms with Gasteiger partial charge in [-0.25, -0.2) is 9.18 Å². The Kier molecular flexibility index (Phi) is 5.09. The zero-order chi connectivity index (χ0) is 12.8. The molecule has 6 heteroatoms. The van der Waals surface area contributed by atoms with E-state index in [9.17, 15) is 13.4 Å². The Morgan fingerprint density at radius 1 is 1.53 bits per heavy atom. The highest BCUT2D eigenvalue weighted by atomic mass is 32.2. The van der Waals surface area contributed by atoms with Crippen molar-refractivity contribution in [1.82, 2.24) is 0 Å². The molecule has 0 saturated carbocycles. The summed E-state index contributed by atoms with van der Waals surface area (Å²) < 4.78 is 23.7. The average molecular weight is 259 g/mol. The first-order valence-electron chi connectivity index (χ1n) is 5.07. The van der Waals surface area contributed by atoms with E-state index in [0.29, 0.717) is 24.4 Å². The van der Waals surface area contributed by atoms with Crippen molar-refractivity contribution in [3.63, 3.8) is 0 Å². The molecule has 0 aromatic heterocycles. The van der Waals surface area contributed by atoms with Gasteiger partial charge in [0.2, 0.25) is 0 Å². The van der Waals surface area contributed by atoms with Crippen LogP contribution in [0.3, 0.4) is 0 Å². The van der Waals surface area contributed by atoms with Gasteiger partial charge in [-0.2, -0.15) is 0 Å². The van der Waals surface area contributed by atoms with Crippen molar-refractivity contribution in [2.45, 2.75) is 6.42 Å². The Morgan fingerprint density at radius 2 is 2.24 bits per heavy atom. The van der Waals surface area contributed by atoms with Crippen LogP contribution >= 0.6 is 0 Å². The van der Waals surface area contributed by atoms with E-state index in [-0.39, 0.29) is 5.56 Å². The fourth-order valence-corrected chi connectivity index (χ4v) is 1.90. The number of carbonyl (C=O) groups is 1. The summed E-state index contributed by atoms with van der Waals surface area (Å²) in [7, 11) is -0.858. The number of aromatic carboxylic acids is 1. The molecule has 0 spiro atoms. The number of carboxylic acids is 1. The van der Waals surface area contributed by atoms with Crippen LogP contribution in [0.25, 0.3) is 0 Å². The first-order chi connectivity index (χ1) is 8.00. The molecule has 0 amide bonds. The number of halogens is 1. The maximum Gasteiger partial charge on any atom is 0.337 e. The summed E-state index contributed by atoms with van der Waals surface area (Å²) in [5.41, 5.74) is 0.281. The maximum atomic E-state index is 12.9. The van der Waals surface area contributed by atoms with Crippen LogP contribution in [0.4, 0.5) is 10.1 Å². The lowest BCUT2D eigenvalue weighted by atomic mass is 10.1. The van der Waals surface area contributed by atoms with E-state index in [2.05, 4.69) is 5.32 Å². The highest BCUT2D eigenvalue weighted by Crippen LogP contribution is 2.16. The molecule has 1 aromatic carbocycles. The second-order valence-corrected chi connectivity index (χ2v) is 5.11. The number of nitrogens with one attached hydrogen (secondary N) is 1. The van der Waals surface area contributed by atoms with Crippen LogP contribution in [-0.2, 0) is 10.8 Å². The number of rotatable bonds is 6. The van der Waals surface area contributed by atoms with Gasteiger partial charge in [0, 0.05) is 35.0 Å². The zero-order valence-electron chi connectivity index (χ0n) is 9.40. The van der Waals surface area contributed by atoms with E-state index in [1.807, 2.05) is 0 Å². The Balaban J connectivity index is 2.64. The second kappa shape index (κ2) is 6.34. The highest BCUT2D eigenvalue weighted by Gasteiger charge is 2.10. The number of anilines is 1. The molecule has 0 aliphatic rings. The van der Waals surface area contributed by atoms with Gasteiger partial charge in [-0.05, 0) is 24.6 Å². The van der Waals surface area contributed by atoms with Crippen LogP contribution in [-0.4, -0.2) is 33.8 Å². The molecule has 1 atom stereocenters. The summed E-state index contributed by atoms with van der Waals surface area (Å²) in [6, 6.07) is 3.57. The molecule has 94 valence electrons. The molecule has 0 saturated heterocycles. The van der Waals surface area contributed by atoms with Gasteiger partial charge in [0.25, 0.3) is 0 Å². The van der Waals surface area contributed by atoms with Crippen LogP contribution in [0.15, 0.2) is 18.2 Å². The van der Waals surface area contributed by atoms with E-state index in [1.54, 1.807) is 6.26 Å². The molecular formula is C11H14FNO3S. The van der Waals surface area contributed by atoms with Crippen LogP contribution in [0.2, 0.25) is 0 Å². The van der Waals surface area contributed by atoms with E-state index in [1.165, 1.54) is 12.1 Å². The van der Waals surface area contributed by atoms with Crippen molar-refractivity contribution in [2.75, 3.05) is 23.9 Å².